The van der Waals surface area contributed by atoms with Crippen LogP contribution in [0.4, 0.5) is 0 Å². The molecular weight excluding hydrogens is 464 g/mol. The zero-order valence-electron chi connectivity index (χ0n) is 17.0. The summed E-state index contributed by atoms with van der Waals surface area (Å²) < 4.78 is 15.1. The fraction of sp³-hybridized carbons (Fsp3) is 0.300. The number of benzene rings is 2. The second-order valence-corrected chi connectivity index (χ2v) is 7.20. The zero-order valence-corrected chi connectivity index (χ0v) is 17.0. The maximum Gasteiger partial charge on any atom is 0.338 e. The SMILES string of the molecule is O=C(O[C@H]1[C@H](O)[C@@H](OC(=O)c2cc(O)c(O)c(O)c2)C(O)O[C@@H]1CO)c1cc(O)c(O)c(O)c1. The molecule has 2 aromatic rings. The number of aliphatic hydroxyl groups excluding tert-OH is 3. The zero-order chi connectivity index (χ0) is 25.3. The summed E-state index contributed by atoms with van der Waals surface area (Å²) in [6, 6.07) is 2.96. The molecule has 1 fully saturated rings. The maximum absolute atomic E-state index is 12.5. The summed E-state index contributed by atoms with van der Waals surface area (Å²) in [5, 5.41) is 87.2. The van der Waals surface area contributed by atoms with E-state index in [-0.39, 0.29) is 0 Å². The number of aromatic hydroxyl groups is 6. The number of phenols is 6. The van der Waals surface area contributed by atoms with Crippen LogP contribution in [-0.4, -0.2) is 95.2 Å². The Kier molecular flexibility index (Phi) is 6.88. The van der Waals surface area contributed by atoms with Crippen molar-refractivity contribution < 1.29 is 69.8 Å². The molecule has 1 saturated heterocycles. The first-order chi connectivity index (χ1) is 15.9. The van der Waals surface area contributed by atoms with Crippen molar-refractivity contribution in [1.82, 2.24) is 0 Å². The summed E-state index contributed by atoms with van der Waals surface area (Å²) in [7, 11) is 0. The third-order valence-electron chi connectivity index (χ3n) is 4.91. The summed E-state index contributed by atoms with van der Waals surface area (Å²) in [6.45, 7) is -0.863. The minimum absolute atomic E-state index is 0.466. The molecule has 0 aromatic heterocycles. The third kappa shape index (κ3) is 4.69. The highest BCUT2D eigenvalue weighted by Crippen LogP contribution is 2.37. The third-order valence-corrected chi connectivity index (χ3v) is 4.91. The van der Waals surface area contributed by atoms with Gasteiger partial charge in [-0.1, -0.05) is 0 Å². The lowest BCUT2D eigenvalue weighted by Crippen LogP contribution is -2.61. The molecule has 0 bridgehead atoms. The van der Waals surface area contributed by atoms with Crippen LogP contribution in [0.5, 0.6) is 34.5 Å². The molecule has 0 amide bonds. The Bertz CT molecular complexity index is 1050. The first kappa shape index (κ1) is 24.7. The number of esters is 2. The second kappa shape index (κ2) is 9.48. The quantitative estimate of drug-likeness (QED) is 0.178. The topological polar surface area (TPSA) is 244 Å². The van der Waals surface area contributed by atoms with E-state index in [2.05, 4.69) is 0 Å². The van der Waals surface area contributed by atoms with Crippen molar-refractivity contribution in [2.75, 3.05) is 6.61 Å². The number of ether oxygens (including phenoxy) is 3. The van der Waals surface area contributed by atoms with Gasteiger partial charge in [0.05, 0.1) is 17.7 Å². The molecule has 5 atom stereocenters. The number of aliphatic hydroxyl groups is 3. The lowest BCUT2D eigenvalue weighted by molar-refractivity contribution is -0.285. The highest BCUT2D eigenvalue weighted by atomic mass is 16.7. The van der Waals surface area contributed by atoms with Gasteiger partial charge in [0.25, 0.3) is 0 Å². The summed E-state index contributed by atoms with van der Waals surface area (Å²) in [4.78, 5) is 24.8. The monoisotopic (exact) mass is 484 g/mol. The Morgan fingerprint density at radius 2 is 1.12 bits per heavy atom. The van der Waals surface area contributed by atoms with E-state index >= 15 is 0 Å². The largest absolute Gasteiger partial charge is 0.504 e. The molecule has 0 saturated carbocycles. The van der Waals surface area contributed by atoms with Crippen LogP contribution in [0.15, 0.2) is 24.3 Å². The van der Waals surface area contributed by atoms with Gasteiger partial charge in [-0.15, -0.1) is 0 Å². The number of carbonyl (C=O) groups excluding carboxylic acids is 2. The molecule has 14 nitrogen and oxygen atoms in total. The molecule has 9 N–H and O–H groups in total. The summed E-state index contributed by atoms with van der Waals surface area (Å²) in [5.74, 6) is -7.78. The normalized spacial score (nSPS) is 24.4. The van der Waals surface area contributed by atoms with Gasteiger partial charge in [0.2, 0.25) is 0 Å². The van der Waals surface area contributed by atoms with E-state index in [4.69, 9.17) is 14.2 Å². The fourth-order valence-electron chi connectivity index (χ4n) is 3.16. The molecule has 0 aliphatic carbocycles. The summed E-state index contributed by atoms with van der Waals surface area (Å²) >= 11 is 0. The Morgan fingerprint density at radius 1 is 0.735 bits per heavy atom. The van der Waals surface area contributed by atoms with Crippen molar-refractivity contribution in [2.45, 2.75) is 30.7 Å². The van der Waals surface area contributed by atoms with Gasteiger partial charge in [-0.05, 0) is 24.3 Å². The van der Waals surface area contributed by atoms with Gasteiger partial charge >= 0.3 is 11.9 Å². The van der Waals surface area contributed by atoms with Gasteiger partial charge in [0, 0.05) is 0 Å². The minimum atomic E-state index is -2.01. The maximum atomic E-state index is 12.5. The van der Waals surface area contributed by atoms with Crippen LogP contribution < -0.4 is 0 Å². The molecule has 34 heavy (non-hydrogen) atoms. The van der Waals surface area contributed by atoms with Crippen LogP contribution in [0.1, 0.15) is 20.7 Å². The van der Waals surface area contributed by atoms with Gasteiger partial charge < -0.3 is 60.2 Å². The molecule has 1 aliphatic rings. The van der Waals surface area contributed by atoms with E-state index in [0.717, 1.165) is 24.3 Å². The molecular formula is C20H20O14. The molecule has 0 spiro atoms. The van der Waals surface area contributed by atoms with Crippen molar-refractivity contribution in [3.63, 3.8) is 0 Å². The van der Waals surface area contributed by atoms with Crippen molar-refractivity contribution in [2.24, 2.45) is 0 Å². The number of hydrogen-bond acceptors (Lipinski definition) is 14. The average Bonchev–Trinajstić information content (AvgIpc) is 2.79. The van der Waals surface area contributed by atoms with Crippen molar-refractivity contribution in [3.05, 3.63) is 35.4 Å². The fourth-order valence-corrected chi connectivity index (χ4v) is 3.16. The predicted octanol–water partition coefficient (Wildman–Crippen LogP) is -1.26. The lowest BCUT2D eigenvalue weighted by Gasteiger charge is -2.41. The first-order valence-corrected chi connectivity index (χ1v) is 9.48. The Morgan fingerprint density at radius 3 is 1.50 bits per heavy atom. The van der Waals surface area contributed by atoms with Crippen molar-refractivity contribution in [1.29, 1.82) is 0 Å². The number of rotatable bonds is 5. The van der Waals surface area contributed by atoms with E-state index in [1.165, 1.54) is 0 Å². The molecule has 1 heterocycles. The van der Waals surface area contributed by atoms with Crippen LogP contribution >= 0.6 is 0 Å². The molecule has 2 aromatic carbocycles. The first-order valence-electron chi connectivity index (χ1n) is 9.48. The highest BCUT2D eigenvalue weighted by Gasteiger charge is 2.49. The number of carbonyl (C=O) groups is 2. The van der Waals surface area contributed by atoms with E-state index in [1.54, 1.807) is 0 Å². The van der Waals surface area contributed by atoms with E-state index in [0.29, 0.717) is 0 Å². The van der Waals surface area contributed by atoms with Gasteiger partial charge in [-0.3, -0.25) is 0 Å². The number of hydrogen-bond donors (Lipinski definition) is 9. The van der Waals surface area contributed by atoms with Gasteiger partial charge in [-0.2, -0.15) is 0 Å². The van der Waals surface area contributed by atoms with Gasteiger partial charge in [-0.25, -0.2) is 9.59 Å². The smallest absolute Gasteiger partial charge is 0.338 e. The minimum Gasteiger partial charge on any atom is -0.504 e. The van der Waals surface area contributed by atoms with Crippen LogP contribution in [0.3, 0.4) is 0 Å². The summed E-state index contributed by atoms with van der Waals surface area (Å²) in [5.41, 5.74) is -0.952. The summed E-state index contributed by atoms with van der Waals surface area (Å²) in [6.07, 6.45) is -9.12. The molecule has 1 unspecified atom stereocenters. The standard InChI is InChI=1S/C20H20O14/c21-5-12-16(33-18(29)6-1-8(22)13(26)9(23)2-6)15(28)17(20(31)32-12)34-19(30)7-3-10(24)14(27)11(25)4-7/h1-4,12,15-17,20-28,31H,5H2/t12-,15+,16-,17-,20?/m1/s1. The van der Waals surface area contributed by atoms with E-state index in [9.17, 15) is 55.5 Å². The molecule has 3 rings (SSSR count). The Balaban J connectivity index is 1.82. The predicted molar refractivity (Wildman–Crippen MR) is 105 cm³/mol. The van der Waals surface area contributed by atoms with E-state index < -0.39 is 94.9 Å². The molecule has 1 aliphatic heterocycles. The lowest BCUT2D eigenvalue weighted by atomic mass is 9.98. The van der Waals surface area contributed by atoms with Crippen LogP contribution in [-0.2, 0) is 14.2 Å². The Labute approximate surface area is 189 Å². The highest BCUT2D eigenvalue weighted by molar-refractivity contribution is 5.92. The Hall–Kier alpha value is -3.98. The number of phenolic OH excluding ortho intramolecular Hbond substituents is 6. The second-order valence-electron chi connectivity index (χ2n) is 7.20. The molecule has 184 valence electrons. The van der Waals surface area contributed by atoms with Crippen molar-refractivity contribution in [3.8, 4) is 34.5 Å². The average molecular weight is 484 g/mol. The van der Waals surface area contributed by atoms with E-state index in [1.807, 2.05) is 0 Å². The van der Waals surface area contributed by atoms with Gasteiger partial charge in [0.15, 0.2) is 53.0 Å². The van der Waals surface area contributed by atoms with Crippen LogP contribution in [0, 0.1) is 0 Å². The van der Waals surface area contributed by atoms with Crippen LogP contribution in [0.2, 0.25) is 0 Å². The van der Waals surface area contributed by atoms with Crippen molar-refractivity contribution >= 4 is 11.9 Å². The van der Waals surface area contributed by atoms with Gasteiger partial charge in [0.1, 0.15) is 12.2 Å². The molecule has 14 heteroatoms. The molecule has 0 radical (unpaired) electrons. The van der Waals surface area contributed by atoms with Crippen LogP contribution in [0.25, 0.3) is 0 Å².